The summed E-state index contributed by atoms with van der Waals surface area (Å²) in [5, 5.41) is 3.43. The Balaban J connectivity index is 1.92. The van der Waals surface area contributed by atoms with E-state index in [1.54, 1.807) is 11.8 Å². The van der Waals surface area contributed by atoms with Crippen LogP contribution in [0.2, 0.25) is 0 Å². The van der Waals surface area contributed by atoms with E-state index in [2.05, 4.69) is 65.8 Å². The third-order valence-corrected chi connectivity index (χ3v) is 3.51. The summed E-state index contributed by atoms with van der Waals surface area (Å²) in [4.78, 5) is 1.30. The number of nitrogens with one attached hydrogen (secondary N) is 1. The van der Waals surface area contributed by atoms with Gasteiger partial charge >= 0.3 is 0 Å². The van der Waals surface area contributed by atoms with Crippen molar-refractivity contribution in [3.05, 3.63) is 48.3 Å². The molecule has 0 aliphatic heterocycles. The Morgan fingerprint density at radius 3 is 2.53 bits per heavy atom. The van der Waals surface area contributed by atoms with E-state index in [4.69, 9.17) is 0 Å². The van der Waals surface area contributed by atoms with Crippen LogP contribution in [0.4, 0.5) is 5.69 Å². The molecular formula is C14H18N2S. The van der Waals surface area contributed by atoms with Gasteiger partial charge in [0.25, 0.3) is 0 Å². The molecule has 0 spiro atoms. The van der Waals surface area contributed by atoms with Gasteiger partial charge in [-0.3, -0.25) is 0 Å². The van der Waals surface area contributed by atoms with Crippen LogP contribution in [-0.2, 0) is 13.1 Å². The lowest BCUT2D eigenvalue weighted by atomic mass is 10.3. The SMILES string of the molecule is CCn1ccc(CNc2ccc(SC)cc2)c1. The number of anilines is 1. The fourth-order valence-corrected chi connectivity index (χ4v) is 2.11. The number of hydrogen-bond donors (Lipinski definition) is 1. The molecule has 0 aliphatic carbocycles. The third-order valence-electron chi connectivity index (χ3n) is 2.76. The summed E-state index contributed by atoms with van der Waals surface area (Å²) < 4.78 is 2.19. The standard InChI is InChI=1S/C14H18N2S/c1-3-16-9-8-12(11-16)10-15-13-4-6-14(17-2)7-5-13/h4-9,11,15H,3,10H2,1-2H3. The highest BCUT2D eigenvalue weighted by Crippen LogP contribution is 2.18. The van der Waals surface area contributed by atoms with E-state index in [-0.39, 0.29) is 0 Å². The summed E-state index contributed by atoms with van der Waals surface area (Å²) in [5.41, 5.74) is 2.49. The van der Waals surface area contributed by atoms with E-state index in [0.717, 1.165) is 13.1 Å². The molecule has 0 amide bonds. The fraction of sp³-hybridized carbons (Fsp3) is 0.286. The molecule has 2 rings (SSSR count). The van der Waals surface area contributed by atoms with E-state index in [1.165, 1.54) is 16.1 Å². The first-order chi connectivity index (χ1) is 8.31. The van der Waals surface area contributed by atoms with Gasteiger partial charge in [0.2, 0.25) is 0 Å². The van der Waals surface area contributed by atoms with Crippen LogP contribution in [0, 0.1) is 0 Å². The number of benzene rings is 1. The lowest BCUT2D eigenvalue weighted by molar-refractivity contribution is 0.766. The van der Waals surface area contributed by atoms with Crippen molar-refractivity contribution in [2.75, 3.05) is 11.6 Å². The van der Waals surface area contributed by atoms with Gasteiger partial charge in [-0.15, -0.1) is 11.8 Å². The highest BCUT2D eigenvalue weighted by Gasteiger charge is 1.96. The number of aromatic nitrogens is 1. The second kappa shape index (κ2) is 5.82. The summed E-state index contributed by atoms with van der Waals surface area (Å²) in [5.74, 6) is 0. The van der Waals surface area contributed by atoms with Gasteiger partial charge < -0.3 is 9.88 Å². The van der Waals surface area contributed by atoms with Crippen LogP contribution >= 0.6 is 11.8 Å². The molecule has 1 aromatic carbocycles. The predicted octanol–water partition coefficient (Wildman–Crippen LogP) is 3.84. The first-order valence-electron chi connectivity index (χ1n) is 5.84. The molecule has 3 heteroatoms. The maximum absolute atomic E-state index is 3.43. The van der Waals surface area contributed by atoms with Crippen molar-refractivity contribution in [1.82, 2.24) is 4.57 Å². The molecule has 1 heterocycles. The average Bonchev–Trinajstić information content (AvgIpc) is 2.85. The minimum absolute atomic E-state index is 0.881. The Morgan fingerprint density at radius 2 is 1.94 bits per heavy atom. The Morgan fingerprint density at radius 1 is 1.18 bits per heavy atom. The van der Waals surface area contributed by atoms with Crippen LogP contribution in [0.3, 0.4) is 0 Å². The second-order valence-electron chi connectivity index (χ2n) is 3.93. The van der Waals surface area contributed by atoms with Gasteiger partial charge in [0, 0.05) is 36.1 Å². The van der Waals surface area contributed by atoms with E-state index in [9.17, 15) is 0 Å². The largest absolute Gasteiger partial charge is 0.381 e. The topological polar surface area (TPSA) is 17.0 Å². The van der Waals surface area contributed by atoms with Crippen molar-refractivity contribution in [3.8, 4) is 0 Å². The molecule has 1 aromatic heterocycles. The van der Waals surface area contributed by atoms with Gasteiger partial charge in [-0.05, 0) is 49.1 Å². The quantitative estimate of drug-likeness (QED) is 0.807. The van der Waals surface area contributed by atoms with Gasteiger partial charge in [-0.2, -0.15) is 0 Å². The second-order valence-corrected chi connectivity index (χ2v) is 4.81. The van der Waals surface area contributed by atoms with Gasteiger partial charge in [-0.1, -0.05) is 0 Å². The highest BCUT2D eigenvalue weighted by atomic mass is 32.2. The van der Waals surface area contributed by atoms with E-state index in [1.807, 2.05) is 0 Å². The van der Waals surface area contributed by atoms with E-state index >= 15 is 0 Å². The van der Waals surface area contributed by atoms with Crippen LogP contribution in [0.25, 0.3) is 0 Å². The predicted molar refractivity (Wildman–Crippen MR) is 75.7 cm³/mol. The molecule has 0 aliphatic rings. The monoisotopic (exact) mass is 246 g/mol. The van der Waals surface area contributed by atoms with Crippen molar-refractivity contribution in [1.29, 1.82) is 0 Å². The number of rotatable bonds is 5. The zero-order valence-corrected chi connectivity index (χ0v) is 11.1. The number of aryl methyl sites for hydroxylation is 1. The molecule has 0 unspecified atom stereocenters. The molecule has 2 nitrogen and oxygen atoms in total. The Hall–Kier alpha value is -1.35. The highest BCUT2D eigenvalue weighted by molar-refractivity contribution is 7.98. The molecular weight excluding hydrogens is 228 g/mol. The Labute approximate surface area is 107 Å². The van der Waals surface area contributed by atoms with Crippen molar-refractivity contribution < 1.29 is 0 Å². The molecule has 0 saturated heterocycles. The summed E-state index contributed by atoms with van der Waals surface area (Å²) in [6.07, 6.45) is 6.40. The maximum Gasteiger partial charge on any atom is 0.0415 e. The summed E-state index contributed by atoms with van der Waals surface area (Å²) in [6, 6.07) is 10.7. The maximum atomic E-state index is 3.43. The summed E-state index contributed by atoms with van der Waals surface area (Å²) in [6.45, 7) is 4.06. The minimum atomic E-state index is 0.881. The molecule has 0 bridgehead atoms. The normalized spacial score (nSPS) is 10.5. The third kappa shape index (κ3) is 3.30. The van der Waals surface area contributed by atoms with E-state index < -0.39 is 0 Å². The fourth-order valence-electron chi connectivity index (χ4n) is 1.70. The lowest BCUT2D eigenvalue weighted by Crippen LogP contribution is -1.98. The molecule has 0 saturated carbocycles. The van der Waals surface area contributed by atoms with Gasteiger partial charge in [0.05, 0.1) is 0 Å². The molecule has 17 heavy (non-hydrogen) atoms. The minimum Gasteiger partial charge on any atom is -0.381 e. The lowest BCUT2D eigenvalue weighted by Gasteiger charge is -2.05. The van der Waals surface area contributed by atoms with Crippen LogP contribution in [0.1, 0.15) is 12.5 Å². The van der Waals surface area contributed by atoms with Crippen LogP contribution in [0.5, 0.6) is 0 Å². The Bertz CT molecular complexity index is 459. The molecule has 0 fully saturated rings. The van der Waals surface area contributed by atoms with Crippen molar-refractivity contribution in [2.45, 2.75) is 24.9 Å². The van der Waals surface area contributed by atoms with Gasteiger partial charge in [0.15, 0.2) is 0 Å². The zero-order valence-electron chi connectivity index (χ0n) is 10.3. The molecule has 1 N–H and O–H groups in total. The van der Waals surface area contributed by atoms with Gasteiger partial charge in [0.1, 0.15) is 0 Å². The zero-order chi connectivity index (χ0) is 12.1. The molecule has 0 radical (unpaired) electrons. The van der Waals surface area contributed by atoms with Crippen LogP contribution in [-0.4, -0.2) is 10.8 Å². The summed E-state index contributed by atoms with van der Waals surface area (Å²) in [7, 11) is 0. The number of nitrogens with zero attached hydrogens (tertiary/aromatic N) is 1. The molecule has 0 atom stereocenters. The average molecular weight is 246 g/mol. The smallest absolute Gasteiger partial charge is 0.0415 e. The van der Waals surface area contributed by atoms with Crippen molar-refractivity contribution in [2.24, 2.45) is 0 Å². The first-order valence-corrected chi connectivity index (χ1v) is 7.07. The molecule has 2 aromatic rings. The van der Waals surface area contributed by atoms with Crippen LogP contribution < -0.4 is 5.32 Å². The summed E-state index contributed by atoms with van der Waals surface area (Å²) >= 11 is 1.77. The number of hydrogen-bond acceptors (Lipinski definition) is 2. The molecule has 90 valence electrons. The van der Waals surface area contributed by atoms with Gasteiger partial charge in [-0.25, -0.2) is 0 Å². The van der Waals surface area contributed by atoms with Crippen molar-refractivity contribution >= 4 is 17.4 Å². The first kappa shape index (κ1) is 12.1. The number of thioether (sulfide) groups is 1. The van der Waals surface area contributed by atoms with Crippen LogP contribution in [0.15, 0.2) is 47.6 Å². The Kier molecular flexibility index (Phi) is 4.15. The van der Waals surface area contributed by atoms with Crippen molar-refractivity contribution in [3.63, 3.8) is 0 Å². The van der Waals surface area contributed by atoms with E-state index in [0.29, 0.717) is 0 Å².